The smallest absolute Gasteiger partial charge is 0.325 e. The number of hydrogen-bond donors (Lipinski definition) is 3. The van der Waals surface area contributed by atoms with Gasteiger partial charge in [0, 0.05) is 23.5 Å². The molecule has 1 saturated heterocycles. The lowest BCUT2D eigenvalue weighted by Crippen LogP contribution is -2.38. The summed E-state index contributed by atoms with van der Waals surface area (Å²) < 4.78 is 0. The summed E-state index contributed by atoms with van der Waals surface area (Å²) >= 11 is 1.20. The van der Waals surface area contributed by atoms with E-state index < -0.39 is 30.4 Å². The van der Waals surface area contributed by atoms with Crippen LogP contribution in [0.5, 0.6) is 0 Å². The topological polar surface area (TPSA) is 118 Å². The van der Waals surface area contributed by atoms with Crippen molar-refractivity contribution in [3.05, 3.63) is 53.0 Å². The minimum absolute atomic E-state index is 0.330. The van der Waals surface area contributed by atoms with Gasteiger partial charge in [-0.2, -0.15) is 5.26 Å². The molecular weight excluding hydrogens is 378 g/mol. The van der Waals surface area contributed by atoms with Crippen LogP contribution in [0.2, 0.25) is 0 Å². The molecule has 4 amide bonds. The van der Waals surface area contributed by atoms with Crippen molar-refractivity contribution in [1.82, 2.24) is 15.2 Å². The van der Waals surface area contributed by atoms with Gasteiger partial charge in [-0.25, -0.2) is 4.79 Å². The lowest BCUT2D eigenvalue weighted by molar-refractivity contribution is -0.130. The third-order valence-electron chi connectivity index (χ3n) is 4.55. The number of nitrogens with zero attached hydrogens (tertiary/aromatic N) is 2. The number of aromatic amines is 1. The molecule has 1 aliphatic rings. The van der Waals surface area contributed by atoms with Crippen LogP contribution in [0, 0.1) is 11.3 Å². The largest absolute Gasteiger partial charge is 0.361 e. The molecular formula is C19H15N5O3S. The van der Waals surface area contributed by atoms with E-state index in [1.54, 1.807) is 11.4 Å². The summed E-state index contributed by atoms with van der Waals surface area (Å²) in [6, 6.07) is 9.94. The molecule has 0 spiro atoms. The van der Waals surface area contributed by atoms with Crippen LogP contribution in [0.3, 0.4) is 0 Å². The maximum absolute atomic E-state index is 12.6. The predicted octanol–water partition coefficient (Wildman–Crippen LogP) is 2.20. The summed E-state index contributed by atoms with van der Waals surface area (Å²) in [4.78, 5) is 41.1. The number of imide groups is 1. The maximum atomic E-state index is 12.6. The molecule has 2 aromatic heterocycles. The van der Waals surface area contributed by atoms with Gasteiger partial charge in [-0.3, -0.25) is 14.5 Å². The van der Waals surface area contributed by atoms with Crippen LogP contribution in [0.25, 0.3) is 10.9 Å². The Bertz CT molecular complexity index is 1130. The maximum Gasteiger partial charge on any atom is 0.325 e. The van der Waals surface area contributed by atoms with Crippen molar-refractivity contribution < 1.29 is 14.4 Å². The van der Waals surface area contributed by atoms with Crippen LogP contribution in [0.4, 0.5) is 9.80 Å². The second kappa shape index (κ2) is 7.17. The zero-order valence-corrected chi connectivity index (χ0v) is 15.4. The summed E-state index contributed by atoms with van der Waals surface area (Å²) in [5.74, 6) is -0.979. The van der Waals surface area contributed by atoms with Crippen LogP contribution >= 0.6 is 11.3 Å². The summed E-state index contributed by atoms with van der Waals surface area (Å²) in [5, 5.41) is 17.3. The fourth-order valence-corrected chi connectivity index (χ4v) is 3.94. The zero-order chi connectivity index (χ0) is 19.7. The van der Waals surface area contributed by atoms with Gasteiger partial charge in [-0.05, 0) is 23.1 Å². The molecule has 0 radical (unpaired) electrons. The Morgan fingerprint density at radius 1 is 1.29 bits per heavy atom. The van der Waals surface area contributed by atoms with E-state index in [0.717, 1.165) is 21.4 Å². The molecule has 3 aromatic rings. The molecule has 1 fully saturated rings. The number of nitrogens with one attached hydrogen (secondary N) is 3. The number of carbonyl (C=O) groups is 3. The first kappa shape index (κ1) is 17.8. The molecule has 0 bridgehead atoms. The van der Waals surface area contributed by atoms with Gasteiger partial charge in [0.1, 0.15) is 23.7 Å². The SMILES string of the molecule is N#Cc1ccsc1NC(=O)CN1C(=O)N[C@@H](Cc2c[nH]c3ccccc23)C1=O. The molecule has 140 valence electrons. The quantitative estimate of drug-likeness (QED) is 0.576. The van der Waals surface area contributed by atoms with Gasteiger partial charge in [0.15, 0.2) is 0 Å². The highest BCUT2D eigenvalue weighted by atomic mass is 32.1. The number of hydrogen-bond acceptors (Lipinski definition) is 5. The molecule has 3 N–H and O–H groups in total. The highest BCUT2D eigenvalue weighted by molar-refractivity contribution is 7.14. The average molecular weight is 393 g/mol. The summed E-state index contributed by atoms with van der Waals surface area (Å²) in [7, 11) is 0. The number of benzene rings is 1. The Balaban J connectivity index is 1.44. The van der Waals surface area contributed by atoms with Gasteiger partial charge >= 0.3 is 6.03 Å². The van der Waals surface area contributed by atoms with Crippen molar-refractivity contribution >= 4 is 45.1 Å². The van der Waals surface area contributed by atoms with Gasteiger partial charge < -0.3 is 15.6 Å². The zero-order valence-electron chi connectivity index (χ0n) is 14.6. The Morgan fingerprint density at radius 3 is 2.93 bits per heavy atom. The summed E-state index contributed by atoms with van der Waals surface area (Å²) in [6.45, 7) is -0.405. The molecule has 4 rings (SSSR count). The number of H-pyrrole nitrogens is 1. The van der Waals surface area contributed by atoms with Crippen LogP contribution < -0.4 is 10.6 Å². The molecule has 8 nitrogen and oxygen atoms in total. The predicted molar refractivity (Wildman–Crippen MR) is 104 cm³/mol. The van der Waals surface area contributed by atoms with E-state index in [1.165, 1.54) is 11.3 Å². The number of nitriles is 1. The van der Waals surface area contributed by atoms with Crippen molar-refractivity contribution in [2.75, 3.05) is 11.9 Å². The fourth-order valence-electron chi connectivity index (χ4n) is 3.19. The first-order valence-corrected chi connectivity index (χ1v) is 9.39. The van der Waals surface area contributed by atoms with Crippen molar-refractivity contribution in [2.24, 2.45) is 0 Å². The molecule has 1 atom stereocenters. The fraction of sp³-hybridized carbons (Fsp3) is 0.158. The highest BCUT2D eigenvalue weighted by Crippen LogP contribution is 2.23. The molecule has 1 aliphatic heterocycles. The lowest BCUT2D eigenvalue weighted by atomic mass is 10.1. The van der Waals surface area contributed by atoms with Crippen LogP contribution in [-0.2, 0) is 16.0 Å². The number of thiophene rings is 1. The number of rotatable bonds is 5. The number of amides is 4. The van der Waals surface area contributed by atoms with E-state index in [1.807, 2.05) is 36.5 Å². The van der Waals surface area contributed by atoms with E-state index in [-0.39, 0.29) is 0 Å². The second-order valence-corrected chi connectivity index (χ2v) is 7.23. The van der Waals surface area contributed by atoms with E-state index in [2.05, 4.69) is 15.6 Å². The van der Waals surface area contributed by atoms with E-state index >= 15 is 0 Å². The van der Waals surface area contributed by atoms with E-state index in [4.69, 9.17) is 5.26 Å². The van der Waals surface area contributed by atoms with Crippen molar-refractivity contribution in [2.45, 2.75) is 12.5 Å². The molecule has 0 saturated carbocycles. The number of carbonyl (C=O) groups excluding carboxylic acids is 3. The van der Waals surface area contributed by atoms with Gasteiger partial charge in [0.05, 0.1) is 5.56 Å². The Labute approximate surface area is 163 Å². The number of aromatic nitrogens is 1. The van der Waals surface area contributed by atoms with Crippen LogP contribution in [0.15, 0.2) is 41.9 Å². The van der Waals surface area contributed by atoms with Gasteiger partial charge in [-0.1, -0.05) is 18.2 Å². The van der Waals surface area contributed by atoms with Gasteiger partial charge in [0.25, 0.3) is 5.91 Å². The van der Waals surface area contributed by atoms with E-state index in [9.17, 15) is 14.4 Å². The standard InChI is InChI=1S/C19H15N5O3S/c20-8-11-5-6-28-17(11)23-16(25)10-24-18(26)15(22-19(24)27)7-12-9-21-14-4-2-1-3-13(12)14/h1-6,9,15,21H,7,10H2,(H,22,27)(H,23,25)/t15-/m0/s1. The molecule has 0 aliphatic carbocycles. The van der Waals surface area contributed by atoms with Gasteiger partial charge in [0.2, 0.25) is 5.91 Å². The number of urea groups is 1. The first-order chi connectivity index (χ1) is 13.6. The number of anilines is 1. The molecule has 3 heterocycles. The van der Waals surface area contributed by atoms with E-state index in [0.29, 0.717) is 17.0 Å². The molecule has 1 aromatic carbocycles. The molecule has 0 unspecified atom stereocenters. The monoisotopic (exact) mass is 393 g/mol. The van der Waals surface area contributed by atoms with Crippen molar-refractivity contribution in [3.63, 3.8) is 0 Å². The normalized spacial score (nSPS) is 16.2. The third kappa shape index (κ3) is 3.21. The van der Waals surface area contributed by atoms with Crippen molar-refractivity contribution in [3.8, 4) is 6.07 Å². The second-order valence-electron chi connectivity index (χ2n) is 6.31. The van der Waals surface area contributed by atoms with Crippen LogP contribution in [-0.4, -0.2) is 40.3 Å². The summed E-state index contributed by atoms with van der Waals surface area (Å²) in [6.07, 6.45) is 2.15. The number of para-hydroxylation sites is 1. The Kier molecular flexibility index (Phi) is 4.55. The summed E-state index contributed by atoms with van der Waals surface area (Å²) in [5.41, 5.74) is 2.21. The Hall–Kier alpha value is -3.64. The molecule has 28 heavy (non-hydrogen) atoms. The minimum Gasteiger partial charge on any atom is -0.361 e. The molecule has 9 heteroatoms. The minimum atomic E-state index is -0.726. The Morgan fingerprint density at radius 2 is 2.11 bits per heavy atom. The lowest BCUT2D eigenvalue weighted by Gasteiger charge is -2.12. The third-order valence-corrected chi connectivity index (χ3v) is 5.38. The van der Waals surface area contributed by atoms with Crippen molar-refractivity contribution in [1.29, 1.82) is 5.26 Å². The number of fused-ring (bicyclic) bond motifs is 1. The van der Waals surface area contributed by atoms with Gasteiger partial charge in [-0.15, -0.1) is 11.3 Å². The average Bonchev–Trinajstić information content (AvgIpc) is 3.37. The highest BCUT2D eigenvalue weighted by Gasteiger charge is 2.39. The van der Waals surface area contributed by atoms with Crippen LogP contribution in [0.1, 0.15) is 11.1 Å². The first-order valence-electron chi connectivity index (χ1n) is 8.51.